The molecule has 1 fully saturated rings. The molecule has 0 atom stereocenters. The number of benzene rings is 2. The molecule has 134 valence electrons. The van der Waals surface area contributed by atoms with Gasteiger partial charge in [-0.2, -0.15) is 5.26 Å². The molecule has 1 heterocycles. The Hall–Kier alpha value is -3.20. The molecule has 2 aromatic rings. The molecule has 2 amide bonds. The van der Waals surface area contributed by atoms with Gasteiger partial charge in [-0.1, -0.05) is 18.2 Å². The SMILES string of the molecule is CCOc1ccccc1NC(=O)N1CCN(c2cccc(C#N)c2)CC1. The van der Waals surface area contributed by atoms with E-state index in [1.54, 1.807) is 11.0 Å². The number of para-hydroxylation sites is 2. The van der Waals surface area contributed by atoms with E-state index in [1.807, 2.05) is 49.4 Å². The minimum atomic E-state index is -0.123. The number of nitrogens with zero attached hydrogens (tertiary/aromatic N) is 3. The second kappa shape index (κ2) is 8.26. The molecule has 1 saturated heterocycles. The highest BCUT2D eigenvalue weighted by Crippen LogP contribution is 2.24. The average Bonchev–Trinajstić information content (AvgIpc) is 2.70. The number of hydrogen-bond donors (Lipinski definition) is 1. The molecule has 6 heteroatoms. The first kappa shape index (κ1) is 17.6. The summed E-state index contributed by atoms with van der Waals surface area (Å²) in [6.07, 6.45) is 0. The minimum absolute atomic E-state index is 0.123. The highest BCUT2D eigenvalue weighted by molar-refractivity contribution is 5.91. The molecular weight excluding hydrogens is 328 g/mol. The zero-order valence-corrected chi connectivity index (χ0v) is 14.8. The monoisotopic (exact) mass is 350 g/mol. The number of piperazine rings is 1. The van der Waals surface area contributed by atoms with E-state index >= 15 is 0 Å². The van der Waals surface area contributed by atoms with Crippen LogP contribution in [0.2, 0.25) is 0 Å². The number of urea groups is 1. The van der Waals surface area contributed by atoms with E-state index in [0.29, 0.717) is 36.7 Å². The smallest absolute Gasteiger partial charge is 0.322 e. The average molecular weight is 350 g/mol. The van der Waals surface area contributed by atoms with Gasteiger partial charge in [0, 0.05) is 31.9 Å². The maximum Gasteiger partial charge on any atom is 0.322 e. The highest BCUT2D eigenvalue weighted by Gasteiger charge is 2.22. The first-order chi connectivity index (χ1) is 12.7. The van der Waals surface area contributed by atoms with Crippen LogP contribution in [-0.4, -0.2) is 43.7 Å². The van der Waals surface area contributed by atoms with Crippen molar-refractivity contribution in [3.05, 3.63) is 54.1 Å². The number of nitrogens with one attached hydrogen (secondary N) is 1. The number of hydrogen-bond acceptors (Lipinski definition) is 4. The van der Waals surface area contributed by atoms with Gasteiger partial charge in [0.1, 0.15) is 5.75 Å². The van der Waals surface area contributed by atoms with Gasteiger partial charge in [0.2, 0.25) is 0 Å². The van der Waals surface area contributed by atoms with Crippen molar-refractivity contribution in [2.24, 2.45) is 0 Å². The zero-order chi connectivity index (χ0) is 18.4. The number of ether oxygens (including phenoxy) is 1. The molecule has 1 aliphatic rings. The highest BCUT2D eigenvalue weighted by atomic mass is 16.5. The minimum Gasteiger partial charge on any atom is -0.492 e. The lowest BCUT2D eigenvalue weighted by Gasteiger charge is -2.36. The molecule has 0 spiro atoms. The number of carbonyl (C=O) groups is 1. The number of rotatable bonds is 4. The van der Waals surface area contributed by atoms with Crippen LogP contribution in [0.5, 0.6) is 5.75 Å². The molecule has 0 aliphatic carbocycles. The molecule has 0 unspecified atom stereocenters. The molecule has 6 nitrogen and oxygen atoms in total. The lowest BCUT2D eigenvalue weighted by atomic mass is 10.2. The van der Waals surface area contributed by atoms with E-state index in [4.69, 9.17) is 10.00 Å². The number of anilines is 2. The summed E-state index contributed by atoms with van der Waals surface area (Å²) in [5.41, 5.74) is 2.35. The van der Waals surface area contributed by atoms with Crippen LogP contribution < -0.4 is 15.0 Å². The second-order valence-corrected chi connectivity index (χ2v) is 6.00. The van der Waals surface area contributed by atoms with Crippen molar-refractivity contribution < 1.29 is 9.53 Å². The summed E-state index contributed by atoms with van der Waals surface area (Å²) in [5.74, 6) is 0.676. The van der Waals surface area contributed by atoms with E-state index in [0.717, 1.165) is 18.8 Å². The Labute approximate surface area is 153 Å². The molecule has 3 rings (SSSR count). The molecule has 1 N–H and O–H groups in total. The maximum absolute atomic E-state index is 12.6. The number of nitriles is 1. The standard InChI is InChI=1S/C20H22N4O2/c1-2-26-19-9-4-3-8-18(19)22-20(25)24-12-10-23(11-13-24)17-7-5-6-16(14-17)15-21/h3-9,14H,2,10-13H2,1H3,(H,22,25). The van der Waals surface area contributed by atoms with Crippen LogP contribution in [-0.2, 0) is 0 Å². The Bertz CT molecular complexity index is 807. The summed E-state index contributed by atoms with van der Waals surface area (Å²) in [6, 6.07) is 17.0. The molecule has 0 radical (unpaired) electrons. The van der Waals surface area contributed by atoms with Crippen molar-refractivity contribution >= 4 is 17.4 Å². The normalized spacial score (nSPS) is 13.8. The van der Waals surface area contributed by atoms with Crippen LogP contribution in [0.25, 0.3) is 0 Å². The maximum atomic E-state index is 12.6. The van der Waals surface area contributed by atoms with Crippen LogP contribution in [0.4, 0.5) is 16.2 Å². The predicted octanol–water partition coefficient (Wildman–Crippen LogP) is 3.31. The van der Waals surface area contributed by atoms with Crippen molar-refractivity contribution in [2.45, 2.75) is 6.92 Å². The third-order valence-corrected chi connectivity index (χ3v) is 4.34. The van der Waals surface area contributed by atoms with Crippen molar-refractivity contribution in [1.82, 2.24) is 4.90 Å². The van der Waals surface area contributed by atoms with Crippen LogP contribution in [0.1, 0.15) is 12.5 Å². The van der Waals surface area contributed by atoms with Crippen molar-refractivity contribution in [3.8, 4) is 11.8 Å². The summed E-state index contributed by atoms with van der Waals surface area (Å²) in [4.78, 5) is 16.6. The van der Waals surface area contributed by atoms with Crippen molar-refractivity contribution in [3.63, 3.8) is 0 Å². The van der Waals surface area contributed by atoms with E-state index in [9.17, 15) is 4.79 Å². The summed E-state index contributed by atoms with van der Waals surface area (Å²) >= 11 is 0. The Morgan fingerprint density at radius 3 is 2.65 bits per heavy atom. The number of amides is 2. The first-order valence-electron chi connectivity index (χ1n) is 8.74. The second-order valence-electron chi connectivity index (χ2n) is 6.00. The molecule has 26 heavy (non-hydrogen) atoms. The Morgan fingerprint density at radius 1 is 1.15 bits per heavy atom. The van der Waals surface area contributed by atoms with Gasteiger partial charge in [-0.25, -0.2) is 4.79 Å². The molecule has 0 saturated carbocycles. The summed E-state index contributed by atoms with van der Waals surface area (Å²) in [5, 5.41) is 12.0. The fourth-order valence-corrected chi connectivity index (χ4v) is 2.99. The first-order valence-corrected chi connectivity index (χ1v) is 8.74. The van der Waals surface area contributed by atoms with Crippen LogP contribution in [0.3, 0.4) is 0 Å². The van der Waals surface area contributed by atoms with Gasteiger partial charge in [-0.3, -0.25) is 0 Å². The van der Waals surface area contributed by atoms with Crippen molar-refractivity contribution in [2.75, 3.05) is 43.0 Å². The largest absolute Gasteiger partial charge is 0.492 e. The van der Waals surface area contributed by atoms with Gasteiger partial charge in [-0.15, -0.1) is 0 Å². The van der Waals surface area contributed by atoms with E-state index in [-0.39, 0.29) is 6.03 Å². The van der Waals surface area contributed by atoms with E-state index < -0.39 is 0 Å². The predicted molar refractivity (Wildman–Crippen MR) is 102 cm³/mol. The van der Waals surface area contributed by atoms with E-state index in [2.05, 4.69) is 16.3 Å². The molecule has 0 aromatic heterocycles. The quantitative estimate of drug-likeness (QED) is 0.918. The topological polar surface area (TPSA) is 68.6 Å². The Morgan fingerprint density at radius 2 is 1.92 bits per heavy atom. The lowest BCUT2D eigenvalue weighted by Crippen LogP contribution is -2.50. The van der Waals surface area contributed by atoms with Gasteiger partial charge in [0.05, 0.1) is 23.9 Å². The van der Waals surface area contributed by atoms with Gasteiger partial charge in [0.15, 0.2) is 0 Å². The van der Waals surface area contributed by atoms with Gasteiger partial charge < -0.3 is 19.9 Å². The van der Waals surface area contributed by atoms with Gasteiger partial charge >= 0.3 is 6.03 Å². The molecule has 1 aliphatic heterocycles. The number of carbonyl (C=O) groups excluding carboxylic acids is 1. The molecule has 2 aromatic carbocycles. The Balaban J connectivity index is 1.59. The van der Waals surface area contributed by atoms with Crippen LogP contribution in [0, 0.1) is 11.3 Å². The van der Waals surface area contributed by atoms with Gasteiger partial charge in [0.25, 0.3) is 0 Å². The Kier molecular flexibility index (Phi) is 5.59. The third kappa shape index (κ3) is 4.06. The van der Waals surface area contributed by atoms with E-state index in [1.165, 1.54) is 0 Å². The third-order valence-electron chi connectivity index (χ3n) is 4.34. The van der Waals surface area contributed by atoms with Crippen LogP contribution in [0.15, 0.2) is 48.5 Å². The summed E-state index contributed by atoms with van der Waals surface area (Å²) in [7, 11) is 0. The summed E-state index contributed by atoms with van der Waals surface area (Å²) in [6.45, 7) is 5.18. The fraction of sp³-hybridized carbons (Fsp3) is 0.300. The van der Waals surface area contributed by atoms with Crippen molar-refractivity contribution in [1.29, 1.82) is 5.26 Å². The molecular formula is C20H22N4O2. The van der Waals surface area contributed by atoms with Gasteiger partial charge in [-0.05, 0) is 37.3 Å². The van der Waals surface area contributed by atoms with Crippen LogP contribution >= 0.6 is 0 Å². The zero-order valence-electron chi connectivity index (χ0n) is 14.8. The summed E-state index contributed by atoms with van der Waals surface area (Å²) < 4.78 is 5.55. The molecule has 0 bridgehead atoms. The lowest BCUT2D eigenvalue weighted by molar-refractivity contribution is 0.208. The fourth-order valence-electron chi connectivity index (χ4n) is 2.99.